The molecule has 0 bridgehead atoms. The van der Waals surface area contributed by atoms with Gasteiger partial charge in [0.2, 0.25) is 5.91 Å². The highest BCUT2D eigenvalue weighted by Crippen LogP contribution is 2.34. The Hall–Kier alpha value is -2.04. The van der Waals surface area contributed by atoms with Crippen LogP contribution in [0.2, 0.25) is 0 Å². The average Bonchev–Trinajstić information content (AvgIpc) is 2.39. The van der Waals surface area contributed by atoms with Crippen LogP contribution >= 0.6 is 0 Å². The number of hydrogen-bond acceptors (Lipinski definition) is 4. The number of nitrogens with one attached hydrogen (secondary N) is 1. The number of nitrogens with two attached hydrogens (primary N) is 1. The van der Waals surface area contributed by atoms with Crippen LogP contribution < -0.4 is 11.1 Å². The average molecular weight is 260 g/mol. The first-order valence-electron chi connectivity index (χ1n) is 6.59. The van der Waals surface area contributed by atoms with Crippen LogP contribution in [0.4, 0.5) is 17.1 Å². The van der Waals surface area contributed by atoms with Gasteiger partial charge in [-0.3, -0.25) is 4.79 Å². The highest BCUT2D eigenvalue weighted by Gasteiger charge is 2.16. The van der Waals surface area contributed by atoms with Crippen LogP contribution in [-0.4, -0.2) is 23.7 Å². The Bertz CT molecular complexity index is 510. The van der Waals surface area contributed by atoms with Gasteiger partial charge in [-0.05, 0) is 18.6 Å². The molecule has 0 saturated heterocycles. The molecule has 0 atom stereocenters. The summed E-state index contributed by atoms with van der Waals surface area (Å²) in [6.45, 7) is 5.37. The quantitative estimate of drug-likeness (QED) is 0.817. The molecule has 19 heavy (non-hydrogen) atoms. The van der Waals surface area contributed by atoms with Gasteiger partial charge in [-0.2, -0.15) is 0 Å². The van der Waals surface area contributed by atoms with E-state index in [1.54, 1.807) is 6.07 Å². The van der Waals surface area contributed by atoms with Crippen molar-refractivity contribution in [3.05, 3.63) is 17.7 Å². The molecule has 0 radical (unpaired) electrons. The molecule has 1 amide bonds. The van der Waals surface area contributed by atoms with E-state index < -0.39 is 0 Å². The molecule has 0 unspecified atom stereocenters. The monoisotopic (exact) mass is 260 g/mol. The maximum absolute atomic E-state index is 11.1. The highest BCUT2D eigenvalue weighted by molar-refractivity contribution is 5.94. The van der Waals surface area contributed by atoms with E-state index in [0.29, 0.717) is 11.4 Å². The summed E-state index contributed by atoms with van der Waals surface area (Å²) in [6.07, 6.45) is 4.15. The lowest BCUT2D eigenvalue weighted by atomic mass is 10.1. The molecule has 2 rings (SSSR count). The van der Waals surface area contributed by atoms with E-state index in [-0.39, 0.29) is 5.91 Å². The van der Waals surface area contributed by atoms with E-state index in [0.717, 1.165) is 37.2 Å². The van der Waals surface area contributed by atoms with Crippen molar-refractivity contribution in [3.63, 3.8) is 0 Å². The second kappa shape index (κ2) is 5.73. The summed E-state index contributed by atoms with van der Waals surface area (Å²) in [4.78, 5) is 17.7. The van der Waals surface area contributed by atoms with Crippen LogP contribution in [0.25, 0.3) is 0 Å². The molecule has 0 aromatic heterocycles. The zero-order valence-corrected chi connectivity index (χ0v) is 11.4. The van der Waals surface area contributed by atoms with Crippen LogP contribution in [-0.2, 0) is 11.3 Å². The van der Waals surface area contributed by atoms with Gasteiger partial charge in [-0.1, -0.05) is 13.3 Å². The standard InChI is InChI=1S/C14H20N4O/c1-3-4-7-18-8-11-12(16-9-18)5-6-13(14(11)15)17-10(2)19/h5-6,9H,3-4,7-8,15H2,1-2H3,(H,17,19). The zero-order chi connectivity index (χ0) is 13.8. The summed E-state index contributed by atoms with van der Waals surface area (Å²) < 4.78 is 0. The number of hydrogen-bond donors (Lipinski definition) is 2. The molecule has 1 heterocycles. The molecule has 0 spiro atoms. The molecular formula is C14H20N4O. The lowest BCUT2D eigenvalue weighted by Crippen LogP contribution is -2.26. The van der Waals surface area contributed by atoms with Crippen molar-refractivity contribution < 1.29 is 4.79 Å². The molecule has 1 aliphatic heterocycles. The molecule has 1 aromatic rings. The van der Waals surface area contributed by atoms with Gasteiger partial charge in [0, 0.05) is 25.6 Å². The van der Waals surface area contributed by atoms with Crippen LogP contribution in [0.3, 0.4) is 0 Å². The van der Waals surface area contributed by atoms with E-state index in [2.05, 4.69) is 22.1 Å². The lowest BCUT2D eigenvalue weighted by Gasteiger charge is -2.26. The minimum atomic E-state index is -0.117. The minimum Gasteiger partial charge on any atom is -0.397 e. The number of unbranched alkanes of at least 4 members (excludes halogenated alkanes) is 1. The van der Waals surface area contributed by atoms with Crippen molar-refractivity contribution in [2.24, 2.45) is 4.99 Å². The van der Waals surface area contributed by atoms with Crippen LogP contribution in [0.15, 0.2) is 17.1 Å². The van der Waals surface area contributed by atoms with Crippen molar-refractivity contribution in [2.45, 2.75) is 33.2 Å². The predicted molar refractivity (Wildman–Crippen MR) is 78.6 cm³/mol. The first kappa shape index (κ1) is 13.4. The van der Waals surface area contributed by atoms with Crippen LogP contribution in [0.1, 0.15) is 32.3 Å². The van der Waals surface area contributed by atoms with Gasteiger partial charge < -0.3 is 16.0 Å². The smallest absolute Gasteiger partial charge is 0.221 e. The third-order valence-electron chi connectivity index (χ3n) is 3.16. The van der Waals surface area contributed by atoms with Gasteiger partial charge in [0.15, 0.2) is 0 Å². The second-order valence-electron chi connectivity index (χ2n) is 4.77. The Morgan fingerprint density at radius 1 is 1.53 bits per heavy atom. The van der Waals surface area contributed by atoms with Crippen molar-refractivity contribution in [2.75, 3.05) is 17.6 Å². The van der Waals surface area contributed by atoms with Gasteiger partial charge in [-0.15, -0.1) is 0 Å². The van der Waals surface area contributed by atoms with Crippen LogP contribution in [0, 0.1) is 0 Å². The van der Waals surface area contributed by atoms with Crippen molar-refractivity contribution in [1.82, 2.24) is 4.90 Å². The molecule has 3 N–H and O–H groups in total. The number of rotatable bonds is 4. The fourth-order valence-corrected chi connectivity index (χ4v) is 2.12. The molecule has 102 valence electrons. The number of fused-ring (bicyclic) bond motifs is 1. The molecular weight excluding hydrogens is 240 g/mol. The number of amides is 1. The largest absolute Gasteiger partial charge is 0.397 e. The topological polar surface area (TPSA) is 70.7 Å². The van der Waals surface area contributed by atoms with Crippen molar-refractivity contribution in [1.29, 1.82) is 0 Å². The van der Waals surface area contributed by atoms with Gasteiger partial charge in [0.1, 0.15) is 0 Å². The Morgan fingerprint density at radius 3 is 3.00 bits per heavy atom. The highest BCUT2D eigenvalue weighted by atomic mass is 16.1. The Balaban J connectivity index is 2.23. The number of carbonyl (C=O) groups excluding carboxylic acids is 1. The van der Waals surface area contributed by atoms with E-state index >= 15 is 0 Å². The summed E-state index contributed by atoms with van der Waals surface area (Å²) in [5, 5.41) is 2.75. The third kappa shape index (κ3) is 3.05. The molecule has 1 aromatic carbocycles. The van der Waals surface area contributed by atoms with Gasteiger partial charge in [-0.25, -0.2) is 4.99 Å². The first-order valence-corrected chi connectivity index (χ1v) is 6.59. The van der Waals surface area contributed by atoms with Gasteiger partial charge in [0.05, 0.1) is 23.4 Å². The summed E-state index contributed by atoms with van der Waals surface area (Å²) in [5.41, 5.74) is 9.29. The fourth-order valence-electron chi connectivity index (χ4n) is 2.12. The maximum atomic E-state index is 11.1. The number of aliphatic imine (C=N–C) groups is 1. The first-order chi connectivity index (χ1) is 9.11. The summed E-state index contributed by atoms with van der Waals surface area (Å²) in [5.74, 6) is -0.117. The Kier molecular flexibility index (Phi) is 4.04. The van der Waals surface area contributed by atoms with Gasteiger partial charge in [0.25, 0.3) is 0 Å². The SMILES string of the molecule is CCCCN1C=Nc2ccc(NC(C)=O)c(N)c2C1. The maximum Gasteiger partial charge on any atom is 0.221 e. The molecule has 0 saturated carbocycles. The Morgan fingerprint density at radius 2 is 2.32 bits per heavy atom. The van der Waals surface area contributed by atoms with E-state index in [4.69, 9.17) is 5.73 Å². The molecule has 0 fully saturated rings. The predicted octanol–water partition coefficient (Wildman–Crippen LogP) is 2.50. The number of nitrogens with zero attached hydrogens (tertiary/aromatic N) is 2. The third-order valence-corrected chi connectivity index (χ3v) is 3.16. The summed E-state index contributed by atoms with van der Waals surface area (Å²) >= 11 is 0. The van der Waals surface area contributed by atoms with Crippen molar-refractivity contribution >= 4 is 29.3 Å². The number of carbonyl (C=O) groups is 1. The fraction of sp³-hybridized carbons (Fsp3) is 0.429. The van der Waals surface area contributed by atoms with E-state index in [1.165, 1.54) is 6.92 Å². The molecule has 1 aliphatic rings. The normalized spacial score (nSPS) is 13.3. The molecule has 5 heteroatoms. The summed E-state index contributed by atoms with van der Waals surface area (Å²) in [7, 11) is 0. The lowest BCUT2D eigenvalue weighted by molar-refractivity contribution is -0.114. The number of nitrogen functional groups attached to an aromatic ring is 1. The van der Waals surface area contributed by atoms with E-state index in [1.807, 2.05) is 12.4 Å². The minimum absolute atomic E-state index is 0.117. The van der Waals surface area contributed by atoms with Crippen LogP contribution in [0.5, 0.6) is 0 Å². The van der Waals surface area contributed by atoms with E-state index in [9.17, 15) is 4.79 Å². The van der Waals surface area contributed by atoms with Gasteiger partial charge >= 0.3 is 0 Å². The molecule has 0 aliphatic carbocycles. The molecule has 5 nitrogen and oxygen atoms in total. The summed E-state index contributed by atoms with van der Waals surface area (Å²) in [6, 6.07) is 3.69. The Labute approximate surface area is 113 Å². The zero-order valence-electron chi connectivity index (χ0n) is 11.4. The second-order valence-corrected chi connectivity index (χ2v) is 4.77. The number of anilines is 2. The van der Waals surface area contributed by atoms with Crippen molar-refractivity contribution in [3.8, 4) is 0 Å². The number of benzene rings is 1.